The molecule has 0 aliphatic carbocycles. The molecule has 1 amide bonds. The number of carbonyl (C=O) groups is 1. The normalized spacial score (nSPS) is 10.6. The summed E-state index contributed by atoms with van der Waals surface area (Å²) >= 11 is 6.07. The number of rotatable bonds is 5. The summed E-state index contributed by atoms with van der Waals surface area (Å²) in [5.41, 5.74) is 7.03. The Bertz CT molecular complexity index is 421. The fourth-order valence-corrected chi connectivity index (χ4v) is 1.81. The van der Waals surface area contributed by atoms with E-state index in [0.717, 1.165) is 16.9 Å². The Morgan fingerprint density at radius 1 is 1.53 bits per heavy atom. The first-order valence-corrected chi connectivity index (χ1v) is 5.61. The molecule has 0 aliphatic heterocycles. The zero-order chi connectivity index (χ0) is 13.0. The number of hydrogen-bond donors (Lipinski definition) is 1. The van der Waals surface area contributed by atoms with Gasteiger partial charge in [-0.05, 0) is 31.7 Å². The number of halogens is 1. The van der Waals surface area contributed by atoms with Gasteiger partial charge in [-0.2, -0.15) is 0 Å². The number of hydrogen-bond acceptors (Lipinski definition) is 3. The number of likely N-dealkylation sites (N-methyl/N-ethyl adjacent to an activating group) is 1. The van der Waals surface area contributed by atoms with Crippen LogP contribution in [0.1, 0.15) is 11.1 Å². The average molecular weight is 257 g/mol. The maximum Gasteiger partial charge on any atom is 0.231 e. The van der Waals surface area contributed by atoms with E-state index in [2.05, 4.69) is 0 Å². The molecule has 0 aliphatic rings. The molecular formula is C12H17ClN2O2. The van der Waals surface area contributed by atoms with Crippen LogP contribution < -0.4 is 10.5 Å². The van der Waals surface area contributed by atoms with Crippen LogP contribution in [0, 0.1) is 6.92 Å². The van der Waals surface area contributed by atoms with Crippen LogP contribution in [0.3, 0.4) is 0 Å². The Hall–Kier alpha value is -1.26. The number of carbonyl (C=O) groups excluding carboxylic acids is 1. The fraction of sp³-hybridized carbons (Fsp3) is 0.417. The summed E-state index contributed by atoms with van der Waals surface area (Å²) in [5, 5.41) is 0.688. The number of amides is 1. The first-order valence-electron chi connectivity index (χ1n) is 5.24. The zero-order valence-corrected chi connectivity index (χ0v) is 11.0. The van der Waals surface area contributed by atoms with E-state index in [1.807, 2.05) is 31.0 Å². The van der Waals surface area contributed by atoms with Crippen LogP contribution in [-0.2, 0) is 11.3 Å². The Morgan fingerprint density at radius 3 is 2.71 bits per heavy atom. The van der Waals surface area contributed by atoms with E-state index in [9.17, 15) is 4.79 Å². The van der Waals surface area contributed by atoms with E-state index in [-0.39, 0.29) is 12.5 Å². The maximum absolute atomic E-state index is 10.8. The van der Waals surface area contributed by atoms with Gasteiger partial charge in [0, 0.05) is 17.1 Å². The highest BCUT2D eigenvalue weighted by molar-refractivity contribution is 6.31. The van der Waals surface area contributed by atoms with Crippen LogP contribution in [0.25, 0.3) is 0 Å². The van der Waals surface area contributed by atoms with E-state index in [1.54, 1.807) is 7.11 Å². The molecule has 0 saturated carbocycles. The molecule has 1 aromatic carbocycles. The van der Waals surface area contributed by atoms with Crippen LogP contribution in [-0.4, -0.2) is 31.5 Å². The van der Waals surface area contributed by atoms with Crippen LogP contribution >= 0.6 is 11.6 Å². The van der Waals surface area contributed by atoms with Crippen molar-refractivity contribution in [3.05, 3.63) is 28.3 Å². The summed E-state index contributed by atoms with van der Waals surface area (Å²) in [5.74, 6) is 0.410. The molecule has 2 N–H and O–H groups in total. The highest BCUT2D eigenvalue weighted by atomic mass is 35.5. The lowest BCUT2D eigenvalue weighted by Crippen LogP contribution is -2.30. The second kappa shape index (κ2) is 5.89. The number of methoxy groups -OCH3 is 1. The third kappa shape index (κ3) is 3.91. The zero-order valence-electron chi connectivity index (χ0n) is 10.3. The molecule has 0 saturated heterocycles. The van der Waals surface area contributed by atoms with Crippen molar-refractivity contribution < 1.29 is 9.53 Å². The number of nitrogens with zero attached hydrogens (tertiary/aromatic N) is 1. The number of ether oxygens (including phenoxy) is 1. The lowest BCUT2D eigenvalue weighted by atomic mass is 10.1. The average Bonchev–Trinajstić information content (AvgIpc) is 2.21. The predicted molar refractivity (Wildman–Crippen MR) is 68.3 cm³/mol. The van der Waals surface area contributed by atoms with Gasteiger partial charge in [0.1, 0.15) is 5.75 Å². The molecule has 0 unspecified atom stereocenters. The quantitative estimate of drug-likeness (QED) is 0.870. The summed E-state index contributed by atoms with van der Waals surface area (Å²) in [6.45, 7) is 2.68. The van der Waals surface area contributed by atoms with Gasteiger partial charge in [0.25, 0.3) is 0 Å². The van der Waals surface area contributed by atoms with Gasteiger partial charge in [-0.1, -0.05) is 11.6 Å². The van der Waals surface area contributed by atoms with Crippen LogP contribution in [0.15, 0.2) is 12.1 Å². The van der Waals surface area contributed by atoms with Gasteiger partial charge >= 0.3 is 0 Å². The second-order valence-corrected chi connectivity index (χ2v) is 4.46. The van der Waals surface area contributed by atoms with E-state index in [1.165, 1.54) is 0 Å². The molecule has 94 valence electrons. The number of nitrogens with two attached hydrogens (primary N) is 1. The highest BCUT2D eigenvalue weighted by Crippen LogP contribution is 2.27. The Balaban J connectivity index is 2.89. The maximum atomic E-state index is 10.8. The van der Waals surface area contributed by atoms with Gasteiger partial charge in [-0.15, -0.1) is 0 Å². The molecule has 4 nitrogen and oxygen atoms in total. The van der Waals surface area contributed by atoms with Crippen LogP contribution in [0.4, 0.5) is 0 Å². The van der Waals surface area contributed by atoms with Gasteiger partial charge in [-0.25, -0.2) is 0 Å². The van der Waals surface area contributed by atoms with Crippen molar-refractivity contribution in [2.24, 2.45) is 5.73 Å². The summed E-state index contributed by atoms with van der Waals surface area (Å²) in [7, 11) is 3.43. The minimum absolute atomic E-state index is 0.203. The van der Waals surface area contributed by atoms with Crippen molar-refractivity contribution in [1.29, 1.82) is 0 Å². The Labute approximate surface area is 106 Å². The number of aryl methyl sites for hydroxylation is 1. The van der Waals surface area contributed by atoms with Crippen molar-refractivity contribution >= 4 is 17.5 Å². The lowest BCUT2D eigenvalue weighted by Gasteiger charge is -2.17. The number of benzene rings is 1. The third-order valence-electron chi connectivity index (χ3n) is 2.43. The van der Waals surface area contributed by atoms with Gasteiger partial charge in [0.15, 0.2) is 0 Å². The van der Waals surface area contributed by atoms with Crippen molar-refractivity contribution in [3.63, 3.8) is 0 Å². The van der Waals surface area contributed by atoms with Gasteiger partial charge in [0.05, 0.1) is 13.7 Å². The van der Waals surface area contributed by atoms with Gasteiger partial charge in [-0.3, -0.25) is 9.69 Å². The number of primary amides is 1. The molecule has 0 aromatic heterocycles. The minimum atomic E-state index is -0.357. The van der Waals surface area contributed by atoms with E-state index in [0.29, 0.717) is 11.6 Å². The van der Waals surface area contributed by atoms with Crippen molar-refractivity contribution in [3.8, 4) is 5.75 Å². The van der Waals surface area contributed by atoms with Crippen molar-refractivity contribution in [1.82, 2.24) is 4.90 Å². The molecule has 0 spiro atoms. The Kier molecular flexibility index (Phi) is 4.78. The fourth-order valence-electron chi connectivity index (χ4n) is 1.62. The monoisotopic (exact) mass is 256 g/mol. The van der Waals surface area contributed by atoms with Crippen molar-refractivity contribution in [2.45, 2.75) is 13.5 Å². The summed E-state index contributed by atoms with van der Waals surface area (Å²) in [4.78, 5) is 12.6. The molecular weight excluding hydrogens is 240 g/mol. The summed E-state index contributed by atoms with van der Waals surface area (Å²) in [6.07, 6.45) is 0. The minimum Gasteiger partial charge on any atom is -0.496 e. The molecule has 0 heterocycles. The second-order valence-electron chi connectivity index (χ2n) is 4.05. The van der Waals surface area contributed by atoms with Crippen molar-refractivity contribution in [2.75, 3.05) is 20.7 Å². The molecule has 17 heavy (non-hydrogen) atoms. The molecule has 0 bridgehead atoms. The summed E-state index contributed by atoms with van der Waals surface area (Å²) in [6, 6.07) is 3.74. The molecule has 1 aromatic rings. The molecule has 1 rings (SSSR count). The van der Waals surface area contributed by atoms with Crippen LogP contribution in [0.2, 0.25) is 5.02 Å². The molecule has 5 heteroatoms. The SMILES string of the molecule is COc1cc(C)c(Cl)cc1CN(C)CC(N)=O. The van der Waals surface area contributed by atoms with Crippen LogP contribution in [0.5, 0.6) is 5.75 Å². The molecule has 0 atom stereocenters. The molecule has 0 fully saturated rings. The first-order chi connectivity index (χ1) is 7.93. The van der Waals surface area contributed by atoms with Gasteiger partial charge < -0.3 is 10.5 Å². The largest absolute Gasteiger partial charge is 0.496 e. The highest BCUT2D eigenvalue weighted by Gasteiger charge is 2.10. The van der Waals surface area contributed by atoms with E-state index >= 15 is 0 Å². The molecule has 0 radical (unpaired) electrons. The van der Waals surface area contributed by atoms with E-state index < -0.39 is 0 Å². The van der Waals surface area contributed by atoms with E-state index in [4.69, 9.17) is 22.1 Å². The first kappa shape index (κ1) is 13.8. The third-order valence-corrected chi connectivity index (χ3v) is 2.83. The predicted octanol–water partition coefficient (Wildman–Crippen LogP) is 1.57. The smallest absolute Gasteiger partial charge is 0.231 e. The topological polar surface area (TPSA) is 55.6 Å². The standard InChI is InChI=1S/C12H17ClN2O2/c1-8-4-11(17-3)9(5-10(8)13)6-15(2)7-12(14)16/h4-5H,6-7H2,1-3H3,(H2,14,16). The van der Waals surface area contributed by atoms with Gasteiger partial charge in [0.2, 0.25) is 5.91 Å². The summed E-state index contributed by atoms with van der Waals surface area (Å²) < 4.78 is 5.29. The lowest BCUT2D eigenvalue weighted by molar-refractivity contribution is -0.118. The Morgan fingerprint density at radius 2 is 2.18 bits per heavy atom.